The Morgan fingerprint density at radius 3 is 2.53 bits per heavy atom. The highest BCUT2D eigenvalue weighted by Gasteiger charge is 2.35. The molecule has 1 aromatic rings. The zero-order chi connectivity index (χ0) is 14.3. The van der Waals surface area contributed by atoms with Crippen LogP contribution in [-0.4, -0.2) is 36.8 Å². The Kier molecular flexibility index (Phi) is 5.81. The molecule has 108 valence electrons. The molecule has 5 nitrogen and oxygen atoms in total. The lowest BCUT2D eigenvalue weighted by molar-refractivity contribution is -0.145. The predicted molar refractivity (Wildman–Crippen MR) is 63.2 cm³/mol. The van der Waals surface area contributed by atoms with Crippen LogP contribution in [-0.2, 0) is 10.9 Å². The quantitative estimate of drug-likeness (QED) is 0.776. The first-order valence-electron chi connectivity index (χ1n) is 5.82. The van der Waals surface area contributed by atoms with Gasteiger partial charge in [-0.15, -0.1) is 0 Å². The topological polar surface area (TPSA) is 56.3 Å². The first-order chi connectivity index (χ1) is 8.97. The van der Waals surface area contributed by atoms with E-state index in [0.29, 0.717) is 13.2 Å². The molecule has 0 saturated heterocycles. The second kappa shape index (κ2) is 7.13. The second-order valence-electron chi connectivity index (χ2n) is 3.62. The summed E-state index contributed by atoms with van der Waals surface area (Å²) in [7, 11) is 1.47. The SMILES string of the molecule is CCCOCCOc1cc(NC)nc(C(F)(F)F)n1. The molecule has 0 bridgehead atoms. The number of anilines is 1. The van der Waals surface area contributed by atoms with Crippen LogP contribution in [0.3, 0.4) is 0 Å². The van der Waals surface area contributed by atoms with Crippen molar-refractivity contribution in [3.8, 4) is 5.88 Å². The Hall–Kier alpha value is -1.57. The van der Waals surface area contributed by atoms with E-state index < -0.39 is 12.0 Å². The van der Waals surface area contributed by atoms with Gasteiger partial charge >= 0.3 is 6.18 Å². The molecule has 0 unspecified atom stereocenters. The van der Waals surface area contributed by atoms with E-state index >= 15 is 0 Å². The van der Waals surface area contributed by atoms with Crippen molar-refractivity contribution in [3.63, 3.8) is 0 Å². The predicted octanol–water partition coefficient (Wildman–Crippen LogP) is 2.34. The van der Waals surface area contributed by atoms with E-state index in [2.05, 4.69) is 15.3 Å². The Bertz CT molecular complexity index is 399. The highest BCUT2D eigenvalue weighted by molar-refractivity contribution is 5.38. The molecule has 0 amide bonds. The van der Waals surface area contributed by atoms with Gasteiger partial charge in [0.15, 0.2) is 0 Å². The normalized spacial score (nSPS) is 11.4. The molecule has 0 aromatic carbocycles. The number of nitrogens with one attached hydrogen (secondary N) is 1. The van der Waals surface area contributed by atoms with Crippen molar-refractivity contribution in [1.82, 2.24) is 9.97 Å². The molecule has 1 rings (SSSR count). The third-order valence-corrected chi connectivity index (χ3v) is 2.04. The van der Waals surface area contributed by atoms with Crippen LogP contribution in [0.15, 0.2) is 6.07 Å². The molecule has 1 N–H and O–H groups in total. The zero-order valence-electron chi connectivity index (χ0n) is 10.8. The van der Waals surface area contributed by atoms with Gasteiger partial charge in [0.05, 0.1) is 6.61 Å². The molecule has 0 aliphatic heterocycles. The van der Waals surface area contributed by atoms with Crippen LogP contribution >= 0.6 is 0 Å². The average Bonchev–Trinajstić information content (AvgIpc) is 2.37. The number of alkyl halides is 3. The van der Waals surface area contributed by atoms with Gasteiger partial charge in [-0.1, -0.05) is 6.92 Å². The number of hydrogen-bond acceptors (Lipinski definition) is 5. The van der Waals surface area contributed by atoms with Crippen molar-refractivity contribution >= 4 is 5.82 Å². The fraction of sp³-hybridized carbons (Fsp3) is 0.636. The molecule has 0 atom stereocenters. The van der Waals surface area contributed by atoms with Crippen molar-refractivity contribution in [3.05, 3.63) is 11.9 Å². The Morgan fingerprint density at radius 2 is 1.95 bits per heavy atom. The second-order valence-corrected chi connectivity index (χ2v) is 3.62. The summed E-state index contributed by atoms with van der Waals surface area (Å²) in [5.41, 5.74) is 0. The monoisotopic (exact) mass is 279 g/mol. The fourth-order valence-corrected chi connectivity index (χ4v) is 1.21. The molecular weight excluding hydrogens is 263 g/mol. The van der Waals surface area contributed by atoms with Gasteiger partial charge in [-0.2, -0.15) is 18.2 Å². The lowest BCUT2D eigenvalue weighted by Gasteiger charge is -2.11. The van der Waals surface area contributed by atoms with Crippen LogP contribution in [0.2, 0.25) is 0 Å². The molecular formula is C11H16F3N3O2. The number of aromatic nitrogens is 2. The molecule has 19 heavy (non-hydrogen) atoms. The van der Waals surface area contributed by atoms with E-state index in [-0.39, 0.29) is 18.3 Å². The van der Waals surface area contributed by atoms with Gasteiger partial charge in [-0.05, 0) is 6.42 Å². The van der Waals surface area contributed by atoms with E-state index in [1.54, 1.807) is 0 Å². The first-order valence-corrected chi connectivity index (χ1v) is 5.82. The maximum Gasteiger partial charge on any atom is 0.451 e. The molecule has 0 fully saturated rings. The summed E-state index contributed by atoms with van der Waals surface area (Å²) in [4.78, 5) is 6.64. The third kappa shape index (κ3) is 5.29. The molecule has 8 heteroatoms. The van der Waals surface area contributed by atoms with Crippen molar-refractivity contribution in [1.29, 1.82) is 0 Å². The lowest BCUT2D eigenvalue weighted by Crippen LogP contribution is -2.15. The molecule has 0 aliphatic carbocycles. The molecule has 0 aliphatic rings. The van der Waals surface area contributed by atoms with Crippen molar-refractivity contribution in [2.45, 2.75) is 19.5 Å². The highest BCUT2D eigenvalue weighted by atomic mass is 19.4. The summed E-state index contributed by atoms with van der Waals surface area (Å²) < 4.78 is 47.9. The van der Waals surface area contributed by atoms with Crippen molar-refractivity contribution in [2.24, 2.45) is 0 Å². The van der Waals surface area contributed by atoms with Crippen LogP contribution in [0, 0.1) is 0 Å². The smallest absolute Gasteiger partial charge is 0.451 e. The van der Waals surface area contributed by atoms with E-state index in [9.17, 15) is 13.2 Å². The zero-order valence-corrected chi connectivity index (χ0v) is 10.8. The van der Waals surface area contributed by atoms with Crippen molar-refractivity contribution in [2.75, 3.05) is 32.2 Å². The van der Waals surface area contributed by atoms with Crippen LogP contribution in [0.4, 0.5) is 19.0 Å². The van der Waals surface area contributed by atoms with Crippen LogP contribution in [0.25, 0.3) is 0 Å². The van der Waals surface area contributed by atoms with E-state index in [1.807, 2.05) is 6.92 Å². The number of nitrogens with zero attached hydrogens (tertiary/aromatic N) is 2. The van der Waals surface area contributed by atoms with Crippen LogP contribution in [0.5, 0.6) is 5.88 Å². The van der Waals surface area contributed by atoms with E-state index in [4.69, 9.17) is 9.47 Å². The van der Waals surface area contributed by atoms with Gasteiger partial charge in [0.25, 0.3) is 0 Å². The molecule has 1 aromatic heterocycles. The Labute approximate surface area is 109 Å². The minimum absolute atomic E-state index is 0.0480. The maximum absolute atomic E-state index is 12.5. The minimum Gasteiger partial charge on any atom is -0.475 e. The standard InChI is InChI=1S/C11H16F3N3O2/c1-3-4-18-5-6-19-9-7-8(15-2)16-10(17-9)11(12,13)14/h7H,3-6H2,1-2H3,(H,15,16,17). The summed E-state index contributed by atoms with van der Waals surface area (Å²) in [6, 6.07) is 1.30. The van der Waals surface area contributed by atoms with E-state index in [0.717, 1.165) is 6.42 Å². The third-order valence-electron chi connectivity index (χ3n) is 2.04. The number of ether oxygens (including phenoxy) is 2. The number of halogens is 3. The number of hydrogen-bond donors (Lipinski definition) is 1. The Balaban J connectivity index is 2.67. The highest BCUT2D eigenvalue weighted by Crippen LogP contribution is 2.28. The maximum atomic E-state index is 12.5. The van der Waals surface area contributed by atoms with Crippen molar-refractivity contribution < 1.29 is 22.6 Å². The van der Waals surface area contributed by atoms with Crippen LogP contribution in [0.1, 0.15) is 19.2 Å². The lowest BCUT2D eigenvalue weighted by atomic mass is 10.5. The van der Waals surface area contributed by atoms with Crippen LogP contribution < -0.4 is 10.1 Å². The van der Waals surface area contributed by atoms with Gasteiger partial charge < -0.3 is 14.8 Å². The summed E-state index contributed by atoms with van der Waals surface area (Å²) in [5.74, 6) is -1.32. The molecule has 1 heterocycles. The van der Waals surface area contributed by atoms with Gasteiger partial charge in [0, 0.05) is 19.7 Å². The average molecular weight is 279 g/mol. The summed E-state index contributed by atoms with van der Waals surface area (Å²) >= 11 is 0. The van der Waals surface area contributed by atoms with E-state index in [1.165, 1.54) is 13.1 Å². The van der Waals surface area contributed by atoms with Gasteiger partial charge in [0.2, 0.25) is 11.7 Å². The van der Waals surface area contributed by atoms with Gasteiger partial charge in [-0.3, -0.25) is 0 Å². The fourth-order valence-electron chi connectivity index (χ4n) is 1.21. The molecule has 0 saturated carbocycles. The molecule has 0 spiro atoms. The minimum atomic E-state index is -4.61. The number of rotatable bonds is 7. The van der Waals surface area contributed by atoms with Gasteiger partial charge in [-0.25, -0.2) is 4.98 Å². The van der Waals surface area contributed by atoms with Gasteiger partial charge in [0.1, 0.15) is 12.4 Å². The largest absolute Gasteiger partial charge is 0.475 e. The Morgan fingerprint density at radius 1 is 1.21 bits per heavy atom. The summed E-state index contributed by atoms with van der Waals surface area (Å²) in [5, 5.41) is 2.53. The molecule has 0 radical (unpaired) electrons. The first kappa shape index (κ1) is 15.5. The summed E-state index contributed by atoms with van der Waals surface area (Å²) in [6.45, 7) is 2.98. The summed E-state index contributed by atoms with van der Waals surface area (Å²) in [6.07, 6.45) is -3.74.